The third-order valence-corrected chi connectivity index (χ3v) is 3.38. The molecule has 0 bridgehead atoms. The van der Waals surface area contributed by atoms with Gasteiger partial charge in [-0.3, -0.25) is 4.79 Å². The molecule has 1 rings (SSSR count). The minimum Gasteiger partial charge on any atom is -0.464 e. The van der Waals surface area contributed by atoms with E-state index in [0.717, 1.165) is 9.13 Å². The van der Waals surface area contributed by atoms with Crippen LogP contribution in [0.3, 0.4) is 0 Å². The van der Waals surface area contributed by atoms with E-state index in [2.05, 4.69) is 27.9 Å². The number of hydrogen-bond acceptors (Lipinski definition) is 3. The van der Waals surface area contributed by atoms with Gasteiger partial charge in [0.25, 0.3) is 0 Å². The molecular weight excluding hydrogens is 345 g/mol. The van der Waals surface area contributed by atoms with Gasteiger partial charge in [0.2, 0.25) is 5.91 Å². The fourth-order valence-electron chi connectivity index (χ4n) is 1.57. The highest BCUT2D eigenvalue weighted by atomic mass is 127. The second-order valence-electron chi connectivity index (χ2n) is 3.80. The van der Waals surface area contributed by atoms with Crippen LogP contribution in [0.25, 0.3) is 0 Å². The van der Waals surface area contributed by atoms with Crippen LogP contribution in [0.1, 0.15) is 19.4 Å². The van der Waals surface area contributed by atoms with E-state index in [-0.39, 0.29) is 5.91 Å². The van der Waals surface area contributed by atoms with Crippen LogP contribution in [0.4, 0.5) is 0 Å². The summed E-state index contributed by atoms with van der Waals surface area (Å²) in [6, 6.07) is 7.12. The summed E-state index contributed by atoms with van der Waals surface area (Å²) >= 11 is 2.21. The zero-order valence-electron chi connectivity index (χ0n) is 10.4. The van der Waals surface area contributed by atoms with Crippen molar-refractivity contribution >= 4 is 34.5 Å². The lowest BCUT2D eigenvalue weighted by Gasteiger charge is -2.17. The van der Waals surface area contributed by atoms with E-state index in [0.29, 0.717) is 13.0 Å². The van der Waals surface area contributed by atoms with E-state index in [1.54, 1.807) is 6.92 Å². The smallest absolute Gasteiger partial charge is 0.328 e. The summed E-state index contributed by atoms with van der Waals surface area (Å²) in [6.45, 7) is 3.44. The first-order valence-corrected chi connectivity index (χ1v) is 6.79. The number of amides is 1. The summed E-state index contributed by atoms with van der Waals surface area (Å²) in [7, 11) is 0. The molecule has 0 aromatic heterocycles. The normalized spacial score (nSPS) is 11.7. The lowest BCUT2D eigenvalue weighted by atomic mass is 10.1. The summed E-state index contributed by atoms with van der Waals surface area (Å²) in [5.74, 6) is -0.633. The Hall–Kier alpha value is -1.11. The number of nitrogens with one attached hydrogen (secondary N) is 1. The maximum absolute atomic E-state index is 11.8. The molecule has 1 N–H and O–H groups in total. The van der Waals surface area contributed by atoms with Crippen molar-refractivity contribution in [1.29, 1.82) is 0 Å². The summed E-state index contributed by atoms with van der Waals surface area (Å²) in [5, 5.41) is 2.62. The molecule has 0 aliphatic carbocycles. The zero-order chi connectivity index (χ0) is 13.5. The quantitative estimate of drug-likeness (QED) is 0.644. The Labute approximate surface area is 120 Å². The van der Waals surface area contributed by atoms with Crippen LogP contribution in [-0.2, 0) is 20.7 Å². The predicted molar refractivity (Wildman–Crippen MR) is 77.1 cm³/mol. The minimum atomic E-state index is -0.627. The third kappa shape index (κ3) is 4.64. The average molecular weight is 361 g/mol. The SMILES string of the molecule is CCOC(=O)C(Cc1ccccc1I)NC(C)=O. The number of rotatable bonds is 5. The highest BCUT2D eigenvalue weighted by Gasteiger charge is 2.21. The fraction of sp³-hybridized carbons (Fsp3) is 0.385. The Morgan fingerprint density at radius 3 is 2.61 bits per heavy atom. The van der Waals surface area contributed by atoms with Crippen LogP contribution in [0, 0.1) is 3.57 Å². The molecule has 1 amide bonds. The Morgan fingerprint density at radius 2 is 2.06 bits per heavy atom. The van der Waals surface area contributed by atoms with Gasteiger partial charge in [-0.25, -0.2) is 4.79 Å². The monoisotopic (exact) mass is 361 g/mol. The number of halogens is 1. The standard InChI is InChI=1S/C13H16INO3/c1-3-18-13(17)12(15-9(2)16)8-10-6-4-5-7-11(10)14/h4-7,12H,3,8H2,1-2H3,(H,15,16). The summed E-state index contributed by atoms with van der Waals surface area (Å²) in [6.07, 6.45) is 0.442. The highest BCUT2D eigenvalue weighted by molar-refractivity contribution is 14.1. The van der Waals surface area contributed by atoms with Gasteiger partial charge in [0.15, 0.2) is 0 Å². The number of carbonyl (C=O) groups excluding carboxylic acids is 2. The molecular formula is C13H16INO3. The Morgan fingerprint density at radius 1 is 1.39 bits per heavy atom. The lowest BCUT2D eigenvalue weighted by molar-refractivity contribution is -0.147. The molecule has 0 heterocycles. The Kier molecular flexibility index (Phi) is 6.11. The van der Waals surface area contributed by atoms with E-state index in [4.69, 9.17) is 4.74 Å². The van der Waals surface area contributed by atoms with Gasteiger partial charge in [0, 0.05) is 16.9 Å². The van der Waals surface area contributed by atoms with Crippen LogP contribution in [0.2, 0.25) is 0 Å². The predicted octanol–water partition coefficient (Wildman–Crippen LogP) is 1.90. The molecule has 98 valence electrons. The van der Waals surface area contributed by atoms with Crippen LogP contribution in [0.15, 0.2) is 24.3 Å². The molecule has 0 fully saturated rings. The molecule has 0 aliphatic heterocycles. The number of ether oxygens (including phenoxy) is 1. The first kappa shape index (κ1) is 14.9. The molecule has 5 heteroatoms. The molecule has 1 unspecified atom stereocenters. The van der Waals surface area contributed by atoms with E-state index >= 15 is 0 Å². The van der Waals surface area contributed by atoms with Crippen LogP contribution < -0.4 is 5.32 Å². The third-order valence-electron chi connectivity index (χ3n) is 2.33. The second-order valence-corrected chi connectivity index (χ2v) is 4.96. The first-order chi connectivity index (χ1) is 8.54. The van der Waals surface area contributed by atoms with Gasteiger partial charge in [0.1, 0.15) is 6.04 Å². The van der Waals surface area contributed by atoms with Crippen molar-refractivity contribution in [1.82, 2.24) is 5.32 Å². The van der Waals surface area contributed by atoms with Crippen LogP contribution >= 0.6 is 22.6 Å². The van der Waals surface area contributed by atoms with E-state index in [1.807, 2.05) is 24.3 Å². The molecule has 1 atom stereocenters. The zero-order valence-corrected chi connectivity index (χ0v) is 12.6. The van der Waals surface area contributed by atoms with Crippen molar-refractivity contribution in [3.8, 4) is 0 Å². The first-order valence-electron chi connectivity index (χ1n) is 5.71. The average Bonchev–Trinajstić information content (AvgIpc) is 2.31. The highest BCUT2D eigenvalue weighted by Crippen LogP contribution is 2.14. The number of carbonyl (C=O) groups is 2. The van der Waals surface area contributed by atoms with Gasteiger partial charge in [0.05, 0.1) is 6.61 Å². The number of hydrogen-bond donors (Lipinski definition) is 1. The van der Waals surface area contributed by atoms with Crippen molar-refractivity contribution in [3.05, 3.63) is 33.4 Å². The van der Waals surface area contributed by atoms with Crippen LogP contribution in [0.5, 0.6) is 0 Å². The summed E-state index contributed by atoms with van der Waals surface area (Å²) < 4.78 is 6.03. The van der Waals surface area contributed by atoms with Gasteiger partial charge in [-0.1, -0.05) is 18.2 Å². The van der Waals surface area contributed by atoms with Crippen molar-refractivity contribution in [2.24, 2.45) is 0 Å². The second kappa shape index (κ2) is 7.35. The van der Waals surface area contributed by atoms with Gasteiger partial charge in [-0.2, -0.15) is 0 Å². The van der Waals surface area contributed by atoms with Gasteiger partial charge >= 0.3 is 5.97 Å². The van der Waals surface area contributed by atoms with Crippen molar-refractivity contribution in [3.63, 3.8) is 0 Å². The van der Waals surface area contributed by atoms with Crippen molar-refractivity contribution < 1.29 is 14.3 Å². The summed E-state index contributed by atoms with van der Waals surface area (Å²) in [5.41, 5.74) is 1.02. The maximum atomic E-state index is 11.8. The molecule has 0 spiro atoms. The maximum Gasteiger partial charge on any atom is 0.328 e. The molecule has 0 saturated carbocycles. The van der Waals surface area contributed by atoms with E-state index < -0.39 is 12.0 Å². The Balaban J connectivity index is 2.81. The van der Waals surface area contributed by atoms with Gasteiger partial charge in [-0.15, -0.1) is 0 Å². The molecule has 4 nitrogen and oxygen atoms in total. The minimum absolute atomic E-state index is 0.237. The molecule has 0 aliphatic rings. The lowest BCUT2D eigenvalue weighted by Crippen LogP contribution is -2.42. The number of benzene rings is 1. The molecule has 1 aromatic carbocycles. The van der Waals surface area contributed by atoms with E-state index in [1.165, 1.54) is 6.92 Å². The van der Waals surface area contributed by atoms with Crippen molar-refractivity contribution in [2.45, 2.75) is 26.3 Å². The van der Waals surface area contributed by atoms with Gasteiger partial charge in [-0.05, 0) is 41.1 Å². The molecule has 0 radical (unpaired) electrons. The Bertz CT molecular complexity index is 434. The molecule has 1 aromatic rings. The number of esters is 1. The fourth-order valence-corrected chi connectivity index (χ4v) is 2.17. The van der Waals surface area contributed by atoms with E-state index in [9.17, 15) is 9.59 Å². The summed E-state index contributed by atoms with van der Waals surface area (Å²) in [4.78, 5) is 22.9. The topological polar surface area (TPSA) is 55.4 Å². The molecule has 18 heavy (non-hydrogen) atoms. The largest absolute Gasteiger partial charge is 0.464 e. The molecule has 0 saturated heterocycles. The van der Waals surface area contributed by atoms with Crippen molar-refractivity contribution in [2.75, 3.05) is 6.61 Å². The van der Waals surface area contributed by atoms with Gasteiger partial charge < -0.3 is 10.1 Å². The van der Waals surface area contributed by atoms with Crippen LogP contribution in [-0.4, -0.2) is 24.5 Å².